The maximum absolute atomic E-state index is 13.5. The van der Waals surface area contributed by atoms with Crippen molar-refractivity contribution >= 4 is 34.6 Å². The van der Waals surface area contributed by atoms with E-state index >= 15 is 0 Å². The Morgan fingerprint density at radius 1 is 1.13 bits per heavy atom. The van der Waals surface area contributed by atoms with Crippen molar-refractivity contribution in [3.05, 3.63) is 47.4 Å². The van der Waals surface area contributed by atoms with Gasteiger partial charge in [0.15, 0.2) is 5.65 Å². The quantitative estimate of drug-likeness (QED) is 0.530. The summed E-state index contributed by atoms with van der Waals surface area (Å²) < 4.78 is 15.2. The lowest BCUT2D eigenvalue weighted by Gasteiger charge is -2.36. The monoisotopic (exact) mass is 430 g/mol. The molecule has 0 unspecified atom stereocenters. The second-order valence-electron chi connectivity index (χ2n) is 7.75. The topological polar surface area (TPSA) is 57.5 Å². The molecule has 3 aromatic rings. The van der Waals surface area contributed by atoms with Crippen molar-refractivity contribution in [1.29, 1.82) is 0 Å². The molecule has 1 aromatic carbocycles. The largest absolute Gasteiger partial charge is 0.367 e. The van der Waals surface area contributed by atoms with Gasteiger partial charge in [0, 0.05) is 29.9 Å². The van der Waals surface area contributed by atoms with Gasteiger partial charge in [-0.05, 0) is 57.0 Å². The lowest BCUT2D eigenvalue weighted by molar-refractivity contribution is 0.167. The van der Waals surface area contributed by atoms with Crippen LogP contribution in [0.25, 0.3) is 5.65 Å². The molecule has 160 valence electrons. The Kier molecular flexibility index (Phi) is 6.39. The van der Waals surface area contributed by atoms with Crippen LogP contribution in [0.2, 0.25) is 5.02 Å². The molecule has 0 atom stereocenters. The first-order valence-corrected chi connectivity index (χ1v) is 11.0. The third-order valence-electron chi connectivity index (χ3n) is 5.93. The fourth-order valence-corrected chi connectivity index (χ4v) is 4.51. The predicted octanol–water partition coefficient (Wildman–Crippen LogP) is 5.33. The van der Waals surface area contributed by atoms with Gasteiger partial charge in [-0.3, -0.25) is 0 Å². The molecule has 2 aromatic heterocycles. The van der Waals surface area contributed by atoms with E-state index in [2.05, 4.69) is 34.5 Å². The molecule has 1 fully saturated rings. The lowest BCUT2D eigenvalue weighted by atomic mass is 9.90. The number of anilines is 3. The van der Waals surface area contributed by atoms with Crippen molar-refractivity contribution in [2.75, 3.05) is 23.7 Å². The maximum Gasteiger partial charge on any atom is 0.159 e. The number of benzene rings is 1. The van der Waals surface area contributed by atoms with E-state index in [4.69, 9.17) is 16.6 Å². The minimum Gasteiger partial charge on any atom is -0.367 e. The van der Waals surface area contributed by atoms with Crippen molar-refractivity contribution in [3.63, 3.8) is 0 Å². The van der Waals surface area contributed by atoms with E-state index in [9.17, 15) is 4.39 Å². The number of nitrogens with one attached hydrogen (secondary N) is 2. The normalized spacial score (nSPS) is 19.4. The molecule has 4 rings (SSSR count). The van der Waals surface area contributed by atoms with Gasteiger partial charge in [-0.1, -0.05) is 25.4 Å². The van der Waals surface area contributed by atoms with Crippen LogP contribution in [0.15, 0.2) is 36.5 Å². The fraction of sp³-hybridized carbons (Fsp3) is 0.455. The zero-order valence-electron chi connectivity index (χ0n) is 17.4. The van der Waals surface area contributed by atoms with Crippen molar-refractivity contribution < 1.29 is 4.39 Å². The van der Waals surface area contributed by atoms with Crippen molar-refractivity contribution in [1.82, 2.24) is 19.5 Å². The zero-order valence-corrected chi connectivity index (χ0v) is 18.2. The first kappa shape index (κ1) is 20.9. The lowest BCUT2D eigenvalue weighted by Crippen LogP contribution is -2.40. The highest BCUT2D eigenvalue weighted by molar-refractivity contribution is 6.31. The molecule has 1 aliphatic rings. The summed E-state index contributed by atoms with van der Waals surface area (Å²) >= 11 is 5.93. The Bertz CT molecular complexity index is 994. The number of hydrogen-bond donors (Lipinski definition) is 2. The third kappa shape index (κ3) is 4.52. The van der Waals surface area contributed by atoms with Crippen LogP contribution in [0.5, 0.6) is 0 Å². The Labute approximate surface area is 181 Å². The summed E-state index contributed by atoms with van der Waals surface area (Å²) in [5, 5.41) is 11.3. The van der Waals surface area contributed by atoms with Gasteiger partial charge < -0.3 is 15.5 Å². The fourth-order valence-electron chi connectivity index (χ4n) is 4.33. The minimum atomic E-state index is -0.441. The van der Waals surface area contributed by atoms with Crippen LogP contribution >= 0.6 is 11.6 Å². The smallest absolute Gasteiger partial charge is 0.159 e. The van der Waals surface area contributed by atoms with Crippen molar-refractivity contribution in [3.8, 4) is 0 Å². The van der Waals surface area contributed by atoms with Crippen LogP contribution in [0, 0.1) is 5.82 Å². The molecule has 0 saturated heterocycles. The number of aromatic nitrogens is 3. The molecule has 2 heterocycles. The average molecular weight is 431 g/mol. The van der Waals surface area contributed by atoms with Gasteiger partial charge in [-0.25, -0.2) is 9.37 Å². The van der Waals surface area contributed by atoms with Gasteiger partial charge in [0.25, 0.3) is 0 Å². The molecule has 0 radical (unpaired) electrons. The van der Waals surface area contributed by atoms with Crippen LogP contribution in [-0.4, -0.2) is 44.7 Å². The average Bonchev–Trinajstić information content (AvgIpc) is 3.22. The van der Waals surface area contributed by atoms with Crippen LogP contribution in [0.3, 0.4) is 0 Å². The van der Waals surface area contributed by atoms with Gasteiger partial charge in [0.2, 0.25) is 0 Å². The number of rotatable bonds is 7. The molecular weight excluding hydrogens is 403 g/mol. The third-order valence-corrected chi connectivity index (χ3v) is 6.22. The molecule has 8 heteroatoms. The number of nitrogens with zero attached hydrogens (tertiary/aromatic N) is 4. The van der Waals surface area contributed by atoms with Crippen LogP contribution in [0.1, 0.15) is 39.5 Å². The van der Waals surface area contributed by atoms with E-state index in [0.29, 0.717) is 17.8 Å². The first-order valence-electron chi connectivity index (χ1n) is 10.6. The summed E-state index contributed by atoms with van der Waals surface area (Å²) in [5.74, 6) is 1.11. The zero-order chi connectivity index (χ0) is 21.1. The second kappa shape index (κ2) is 9.18. The molecule has 2 N–H and O–H groups in total. The second-order valence-corrected chi connectivity index (χ2v) is 8.16. The van der Waals surface area contributed by atoms with E-state index in [1.165, 1.54) is 18.9 Å². The summed E-state index contributed by atoms with van der Waals surface area (Å²) in [6.07, 6.45) is 6.37. The van der Waals surface area contributed by atoms with Gasteiger partial charge in [-0.15, -0.1) is 0 Å². The van der Waals surface area contributed by atoms with Gasteiger partial charge in [0.05, 0.1) is 11.2 Å². The number of fused-ring (bicyclic) bond motifs is 1. The summed E-state index contributed by atoms with van der Waals surface area (Å²) in [5.41, 5.74) is 1.43. The maximum atomic E-state index is 13.5. The molecule has 0 aliphatic heterocycles. The van der Waals surface area contributed by atoms with Crippen molar-refractivity contribution in [2.45, 2.75) is 51.6 Å². The van der Waals surface area contributed by atoms with Crippen LogP contribution in [0.4, 0.5) is 21.7 Å². The molecule has 0 bridgehead atoms. The number of hydrogen-bond acceptors (Lipinski definition) is 5. The van der Waals surface area contributed by atoms with Gasteiger partial charge in [-0.2, -0.15) is 9.61 Å². The molecule has 1 aliphatic carbocycles. The molecular formula is C22H28ClFN6. The highest BCUT2D eigenvalue weighted by atomic mass is 35.5. The molecule has 0 spiro atoms. The van der Waals surface area contributed by atoms with E-state index in [-0.39, 0.29) is 5.02 Å². The Morgan fingerprint density at radius 2 is 1.90 bits per heavy atom. The SMILES string of the molecule is CCN(CC)C1CCC(Nc2cc(Nc3ccc(F)c(Cl)c3)n3nccc3n2)CC1. The Balaban J connectivity index is 1.49. The highest BCUT2D eigenvalue weighted by Crippen LogP contribution is 2.28. The summed E-state index contributed by atoms with van der Waals surface area (Å²) in [6, 6.07) is 9.46. The Morgan fingerprint density at radius 3 is 2.60 bits per heavy atom. The molecule has 30 heavy (non-hydrogen) atoms. The molecule has 0 amide bonds. The summed E-state index contributed by atoms with van der Waals surface area (Å²) in [6.45, 7) is 6.70. The summed E-state index contributed by atoms with van der Waals surface area (Å²) in [7, 11) is 0. The standard InChI is InChI=1S/C22H28ClFN6/c1-3-29(4-2)17-8-5-15(6-9-17)26-20-14-22(30-21(28-20)11-12-25-30)27-16-7-10-19(24)18(23)13-16/h7,10-15,17,27H,3-6,8-9H2,1-2H3,(H,26,28). The van der Waals surface area contributed by atoms with E-state index in [0.717, 1.165) is 43.2 Å². The van der Waals surface area contributed by atoms with E-state index < -0.39 is 5.82 Å². The van der Waals surface area contributed by atoms with Gasteiger partial charge in [0.1, 0.15) is 17.5 Å². The van der Waals surface area contributed by atoms with E-state index in [1.807, 2.05) is 12.1 Å². The van der Waals surface area contributed by atoms with Crippen molar-refractivity contribution in [2.24, 2.45) is 0 Å². The first-order chi connectivity index (χ1) is 14.6. The van der Waals surface area contributed by atoms with Gasteiger partial charge >= 0.3 is 0 Å². The summed E-state index contributed by atoms with van der Waals surface area (Å²) in [4.78, 5) is 7.26. The van der Waals surface area contributed by atoms with Crippen LogP contribution in [-0.2, 0) is 0 Å². The molecule has 6 nitrogen and oxygen atoms in total. The minimum absolute atomic E-state index is 0.0778. The number of halogens is 2. The van der Waals surface area contributed by atoms with Crippen LogP contribution < -0.4 is 10.6 Å². The van der Waals surface area contributed by atoms with E-state index in [1.54, 1.807) is 22.8 Å². The molecule has 1 saturated carbocycles. The Hall–Kier alpha value is -2.38. The predicted molar refractivity (Wildman–Crippen MR) is 120 cm³/mol. The highest BCUT2D eigenvalue weighted by Gasteiger charge is 2.24.